The molecule has 2 aromatic rings. The van der Waals surface area contributed by atoms with E-state index in [0.717, 1.165) is 12.1 Å². The highest BCUT2D eigenvalue weighted by molar-refractivity contribution is 6.02. The molecule has 0 heterocycles. The highest BCUT2D eigenvalue weighted by atomic mass is 19.4. The van der Waals surface area contributed by atoms with Gasteiger partial charge in [-0.15, -0.1) is 0 Å². The van der Waals surface area contributed by atoms with E-state index in [1.807, 2.05) is 0 Å². The molecule has 0 saturated heterocycles. The molecule has 0 unspecified atom stereocenters. The lowest BCUT2D eigenvalue weighted by molar-refractivity contribution is -0.137. The number of alkyl halides is 3. The zero-order valence-corrected chi connectivity index (χ0v) is 14.6. The number of ether oxygens (including phenoxy) is 1. The van der Waals surface area contributed by atoms with Crippen LogP contribution in [-0.4, -0.2) is 18.9 Å². The van der Waals surface area contributed by atoms with Gasteiger partial charge in [0.05, 0.1) is 18.4 Å². The van der Waals surface area contributed by atoms with E-state index >= 15 is 0 Å². The fraction of sp³-hybridized carbons (Fsp3) is 0.158. The van der Waals surface area contributed by atoms with Gasteiger partial charge in [-0.2, -0.15) is 13.2 Å². The van der Waals surface area contributed by atoms with Crippen molar-refractivity contribution in [1.82, 2.24) is 0 Å². The van der Waals surface area contributed by atoms with Crippen LogP contribution in [0.1, 0.15) is 18.1 Å². The topological polar surface area (TPSA) is 67.4 Å². The number of hydrogen-bond donors (Lipinski definition) is 2. The van der Waals surface area contributed by atoms with Gasteiger partial charge >= 0.3 is 6.18 Å². The second-order valence-electron chi connectivity index (χ2n) is 5.54. The fourth-order valence-corrected chi connectivity index (χ4v) is 2.21. The summed E-state index contributed by atoms with van der Waals surface area (Å²) in [5.41, 5.74) is 0.510. The van der Waals surface area contributed by atoms with Gasteiger partial charge in [-0.3, -0.25) is 9.59 Å². The van der Waals surface area contributed by atoms with Crippen molar-refractivity contribution in [2.45, 2.75) is 13.1 Å². The molecule has 0 aliphatic carbocycles. The molecular weight excluding hydrogens is 361 g/mol. The minimum Gasteiger partial charge on any atom is -0.495 e. The summed E-state index contributed by atoms with van der Waals surface area (Å²) >= 11 is 0. The Kier molecular flexibility index (Phi) is 6.23. The lowest BCUT2D eigenvalue weighted by Crippen LogP contribution is -2.10. The van der Waals surface area contributed by atoms with E-state index in [-0.39, 0.29) is 5.91 Å². The average molecular weight is 378 g/mol. The number of methoxy groups -OCH3 is 1. The summed E-state index contributed by atoms with van der Waals surface area (Å²) in [5.74, 6) is -0.337. The molecule has 0 atom stereocenters. The Balaban J connectivity index is 2.06. The average Bonchev–Trinajstić information content (AvgIpc) is 2.59. The number of nitrogens with one attached hydrogen (secondary N) is 2. The number of carbonyl (C=O) groups excluding carboxylic acids is 2. The van der Waals surface area contributed by atoms with Crippen LogP contribution in [0, 0.1) is 0 Å². The zero-order chi connectivity index (χ0) is 20.0. The van der Waals surface area contributed by atoms with Crippen molar-refractivity contribution in [3.8, 4) is 5.75 Å². The molecule has 8 heteroatoms. The fourth-order valence-electron chi connectivity index (χ4n) is 2.21. The smallest absolute Gasteiger partial charge is 0.416 e. The van der Waals surface area contributed by atoms with Crippen LogP contribution in [0.2, 0.25) is 0 Å². The molecule has 0 radical (unpaired) electrons. The zero-order valence-electron chi connectivity index (χ0n) is 14.6. The van der Waals surface area contributed by atoms with Crippen molar-refractivity contribution in [3.63, 3.8) is 0 Å². The second kappa shape index (κ2) is 8.39. The number of carbonyl (C=O) groups is 2. The van der Waals surface area contributed by atoms with Gasteiger partial charge in [-0.25, -0.2) is 0 Å². The maximum absolute atomic E-state index is 12.5. The summed E-state index contributed by atoms with van der Waals surface area (Å²) in [6, 6.07) is 9.14. The largest absolute Gasteiger partial charge is 0.495 e. The van der Waals surface area contributed by atoms with Gasteiger partial charge in [-0.1, -0.05) is 12.1 Å². The minimum absolute atomic E-state index is 0.293. The third kappa shape index (κ3) is 5.88. The lowest BCUT2D eigenvalue weighted by Gasteiger charge is -2.11. The van der Waals surface area contributed by atoms with Crippen molar-refractivity contribution < 1.29 is 27.5 Å². The number of rotatable bonds is 5. The van der Waals surface area contributed by atoms with E-state index in [2.05, 4.69) is 10.6 Å². The van der Waals surface area contributed by atoms with E-state index in [1.165, 1.54) is 44.4 Å². The Morgan fingerprint density at radius 3 is 2.26 bits per heavy atom. The second-order valence-corrected chi connectivity index (χ2v) is 5.54. The first-order valence-electron chi connectivity index (χ1n) is 7.81. The van der Waals surface area contributed by atoms with E-state index < -0.39 is 17.6 Å². The summed E-state index contributed by atoms with van der Waals surface area (Å²) in [5, 5.41) is 5.19. The highest BCUT2D eigenvalue weighted by Gasteiger charge is 2.29. The first-order chi connectivity index (χ1) is 12.7. The molecule has 0 saturated carbocycles. The first kappa shape index (κ1) is 20.0. The van der Waals surface area contributed by atoms with E-state index in [0.29, 0.717) is 22.7 Å². The van der Waals surface area contributed by atoms with Gasteiger partial charge in [-0.05, 0) is 42.0 Å². The summed E-state index contributed by atoms with van der Waals surface area (Å²) in [4.78, 5) is 23.2. The van der Waals surface area contributed by atoms with Crippen LogP contribution in [0.5, 0.6) is 5.75 Å². The summed E-state index contributed by atoms with van der Waals surface area (Å²) in [6.07, 6.45) is -1.81. The van der Waals surface area contributed by atoms with Gasteiger partial charge in [0, 0.05) is 18.7 Å². The predicted molar refractivity (Wildman–Crippen MR) is 96.4 cm³/mol. The van der Waals surface area contributed by atoms with Crippen molar-refractivity contribution in [2.24, 2.45) is 0 Å². The molecule has 0 aliphatic heterocycles. The van der Waals surface area contributed by atoms with Crippen LogP contribution in [0.25, 0.3) is 6.08 Å². The van der Waals surface area contributed by atoms with Crippen LogP contribution in [-0.2, 0) is 15.8 Å². The number of benzene rings is 2. The Labute approximate surface area is 153 Å². The van der Waals surface area contributed by atoms with Crippen molar-refractivity contribution in [3.05, 3.63) is 59.7 Å². The molecule has 0 aliphatic rings. The molecule has 2 rings (SSSR count). The maximum atomic E-state index is 12.5. The normalized spacial score (nSPS) is 11.3. The van der Waals surface area contributed by atoms with Gasteiger partial charge < -0.3 is 15.4 Å². The summed E-state index contributed by atoms with van der Waals surface area (Å²) in [7, 11) is 1.45. The van der Waals surface area contributed by atoms with Crippen molar-refractivity contribution >= 4 is 29.3 Å². The summed E-state index contributed by atoms with van der Waals surface area (Å²) in [6.45, 7) is 1.34. The molecule has 0 bridgehead atoms. The van der Waals surface area contributed by atoms with Crippen molar-refractivity contribution in [2.75, 3.05) is 17.7 Å². The van der Waals surface area contributed by atoms with E-state index in [4.69, 9.17) is 4.74 Å². The maximum Gasteiger partial charge on any atom is 0.416 e. The number of anilines is 2. The standard InChI is InChI=1S/C19H17F3N2O3/c1-12(25)23-16-11-15(8-9-17(16)27-2)24-18(26)10-5-13-3-6-14(7-4-13)19(20,21)22/h3-11H,1-2H3,(H,23,25)(H,24,26)/b10-5+. The number of halogens is 3. The van der Waals surface area contributed by atoms with Gasteiger partial charge in [0.15, 0.2) is 0 Å². The van der Waals surface area contributed by atoms with Crippen LogP contribution in [0.4, 0.5) is 24.5 Å². The minimum atomic E-state index is -4.40. The van der Waals surface area contributed by atoms with E-state index in [1.54, 1.807) is 12.1 Å². The Hall–Kier alpha value is -3.29. The van der Waals surface area contributed by atoms with Gasteiger partial charge in [0.1, 0.15) is 5.75 Å². The Morgan fingerprint density at radius 2 is 1.70 bits per heavy atom. The quantitative estimate of drug-likeness (QED) is 0.762. The first-order valence-corrected chi connectivity index (χ1v) is 7.81. The molecule has 2 amide bonds. The van der Waals surface area contributed by atoms with Crippen LogP contribution < -0.4 is 15.4 Å². The molecule has 0 fully saturated rings. The molecular formula is C19H17F3N2O3. The molecule has 27 heavy (non-hydrogen) atoms. The number of amides is 2. The van der Waals surface area contributed by atoms with Crippen LogP contribution in [0.3, 0.4) is 0 Å². The van der Waals surface area contributed by atoms with E-state index in [9.17, 15) is 22.8 Å². The molecule has 142 valence electrons. The third-order valence-corrected chi connectivity index (χ3v) is 3.44. The molecule has 5 nitrogen and oxygen atoms in total. The van der Waals surface area contributed by atoms with Gasteiger partial charge in [0.25, 0.3) is 0 Å². The van der Waals surface area contributed by atoms with Gasteiger partial charge in [0.2, 0.25) is 11.8 Å². The predicted octanol–water partition coefficient (Wildman–Crippen LogP) is 4.32. The molecule has 0 spiro atoms. The molecule has 0 aromatic heterocycles. The van der Waals surface area contributed by atoms with Crippen LogP contribution in [0.15, 0.2) is 48.5 Å². The third-order valence-electron chi connectivity index (χ3n) is 3.44. The highest BCUT2D eigenvalue weighted by Crippen LogP contribution is 2.29. The van der Waals surface area contributed by atoms with Crippen molar-refractivity contribution in [1.29, 1.82) is 0 Å². The Bertz CT molecular complexity index is 859. The molecule has 2 aromatic carbocycles. The monoisotopic (exact) mass is 378 g/mol. The SMILES string of the molecule is COc1ccc(NC(=O)/C=C/c2ccc(C(F)(F)F)cc2)cc1NC(C)=O. The van der Waals surface area contributed by atoms with Crippen LogP contribution >= 0.6 is 0 Å². The lowest BCUT2D eigenvalue weighted by atomic mass is 10.1. The summed E-state index contributed by atoms with van der Waals surface area (Å²) < 4.78 is 42.7. The number of hydrogen-bond acceptors (Lipinski definition) is 3. The molecule has 2 N–H and O–H groups in total. The Morgan fingerprint density at radius 1 is 1.04 bits per heavy atom.